The zero-order valence-electron chi connectivity index (χ0n) is 8.55. The Labute approximate surface area is 89.9 Å². The van der Waals surface area contributed by atoms with Crippen molar-refractivity contribution in [2.75, 3.05) is 17.7 Å². The highest BCUT2D eigenvalue weighted by molar-refractivity contribution is 6.18. The molecule has 0 heterocycles. The highest BCUT2D eigenvalue weighted by Crippen LogP contribution is 2.15. The van der Waals surface area contributed by atoms with Gasteiger partial charge in [0.2, 0.25) is 0 Å². The number of hydrogen-bond acceptors (Lipinski definition) is 2. The average molecular weight is 214 g/mol. The lowest BCUT2D eigenvalue weighted by molar-refractivity contribution is 0.211. The first-order valence-electron chi connectivity index (χ1n) is 4.68. The minimum atomic E-state index is -0.489. The summed E-state index contributed by atoms with van der Waals surface area (Å²) in [5, 5.41) is 12.4. The number of benzene rings is 1. The van der Waals surface area contributed by atoms with E-state index in [1.165, 1.54) is 11.1 Å². The summed E-state index contributed by atoms with van der Waals surface area (Å²) in [6.45, 7) is 4.60. The summed E-state index contributed by atoms with van der Waals surface area (Å²) in [6.07, 6.45) is -0.489. The van der Waals surface area contributed by atoms with Crippen molar-refractivity contribution in [2.45, 2.75) is 20.0 Å². The number of halogens is 1. The second kappa shape index (κ2) is 5.23. The molecule has 1 aromatic rings. The van der Waals surface area contributed by atoms with Gasteiger partial charge >= 0.3 is 0 Å². The van der Waals surface area contributed by atoms with Crippen LogP contribution >= 0.6 is 11.6 Å². The third-order valence-corrected chi connectivity index (χ3v) is 2.44. The normalized spacial score (nSPS) is 12.6. The predicted molar refractivity (Wildman–Crippen MR) is 61.1 cm³/mol. The zero-order chi connectivity index (χ0) is 10.6. The van der Waals surface area contributed by atoms with Crippen molar-refractivity contribution in [3.8, 4) is 0 Å². The molecule has 0 bridgehead atoms. The van der Waals surface area contributed by atoms with Gasteiger partial charge in [-0.3, -0.25) is 0 Å². The number of hydrogen-bond donors (Lipinski definition) is 2. The fourth-order valence-corrected chi connectivity index (χ4v) is 1.40. The number of anilines is 1. The van der Waals surface area contributed by atoms with E-state index in [4.69, 9.17) is 11.6 Å². The van der Waals surface area contributed by atoms with E-state index in [1.54, 1.807) is 0 Å². The van der Waals surface area contributed by atoms with Crippen molar-refractivity contribution >= 4 is 17.3 Å². The number of alkyl halides is 1. The van der Waals surface area contributed by atoms with Crippen LogP contribution in [-0.4, -0.2) is 23.6 Å². The van der Waals surface area contributed by atoms with Crippen LogP contribution in [0.3, 0.4) is 0 Å². The lowest BCUT2D eigenvalue weighted by Crippen LogP contribution is -2.21. The van der Waals surface area contributed by atoms with Gasteiger partial charge in [0.05, 0.1) is 12.0 Å². The molecular formula is C11H16ClNO. The summed E-state index contributed by atoms with van der Waals surface area (Å²) in [5.41, 5.74) is 3.48. The van der Waals surface area contributed by atoms with Crippen LogP contribution in [-0.2, 0) is 0 Å². The highest BCUT2D eigenvalue weighted by Gasteiger charge is 2.02. The van der Waals surface area contributed by atoms with Gasteiger partial charge in [-0.15, -0.1) is 11.6 Å². The molecule has 1 atom stereocenters. The van der Waals surface area contributed by atoms with Crippen LogP contribution in [0.15, 0.2) is 18.2 Å². The van der Waals surface area contributed by atoms with Crippen LogP contribution in [0.4, 0.5) is 5.69 Å². The molecule has 0 aliphatic heterocycles. The van der Waals surface area contributed by atoms with Crippen LogP contribution in [0, 0.1) is 13.8 Å². The van der Waals surface area contributed by atoms with E-state index in [9.17, 15) is 5.11 Å². The smallest absolute Gasteiger partial charge is 0.0847 e. The van der Waals surface area contributed by atoms with Gasteiger partial charge in [-0.2, -0.15) is 0 Å². The molecule has 0 spiro atoms. The summed E-state index contributed by atoms with van der Waals surface area (Å²) in [5.74, 6) is 0.262. The summed E-state index contributed by atoms with van der Waals surface area (Å²) in [6, 6.07) is 6.17. The molecule has 0 amide bonds. The zero-order valence-corrected chi connectivity index (χ0v) is 9.30. The van der Waals surface area contributed by atoms with Crippen LogP contribution in [0.25, 0.3) is 0 Å². The molecule has 0 aliphatic rings. The lowest BCUT2D eigenvalue weighted by atomic mass is 10.1. The molecular weight excluding hydrogens is 198 g/mol. The second-order valence-corrected chi connectivity index (χ2v) is 3.82. The minimum Gasteiger partial charge on any atom is -0.390 e. The van der Waals surface area contributed by atoms with E-state index in [-0.39, 0.29) is 5.88 Å². The van der Waals surface area contributed by atoms with E-state index < -0.39 is 6.10 Å². The Morgan fingerprint density at radius 1 is 1.43 bits per heavy atom. The summed E-state index contributed by atoms with van der Waals surface area (Å²) in [4.78, 5) is 0. The van der Waals surface area contributed by atoms with Gasteiger partial charge in [-0.1, -0.05) is 17.7 Å². The largest absolute Gasteiger partial charge is 0.390 e. The number of aliphatic hydroxyl groups excluding tert-OH is 1. The van der Waals surface area contributed by atoms with E-state index in [0.29, 0.717) is 6.54 Å². The Bertz CT molecular complexity index is 301. The van der Waals surface area contributed by atoms with Crippen molar-refractivity contribution in [1.82, 2.24) is 0 Å². The molecule has 0 saturated heterocycles. The molecule has 0 fully saturated rings. The third kappa shape index (κ3) is 3.20. The van der Waals surface area contributed by atoms with Gasteiger partial charge < -0.3 is 10.4 Å². The first-order valence-corrected chi connectivity index (χ1v) is 5.22. The van der Waals surface area contributed by atoms with E-state index >= 15 is 0 Å². The van der Waals surface area contributed by atoms with Crippen LogP contribution in [0.1, 0.15) is 11.1 Å². The maximum absolute atomic E-state index is 9.27. The standard InChI is InChI=1S/C11H16ClNO/c1-8-3-4-11(9(2)5-8)13-7-10(14)6-12/h3-5,10,13-14H,6-7H2,1-2H3/t10-/m1/s1. The van der Waals surface area contributed by atoms with Crippen molar-refractivity contribution in [1.29, 1.82) is 0 Å². The first-order chi connectivity index (χ1) is 6.63. The molecule has 0 aliphatic carbocycles. The molecule has 0 aromatic heterocycles. The van der Waals surface area contributed by atoms with Crippen LogP contribution < -0.4 is 5.32 Å². The number of nitrogens with one attached hydrogen (secondary N) is 1. The number of aryl methyl sites for hydroxylation is 2. The molecule has 0 saturated carbocycles. The van der Waals surface area contributed by atoms with Crippen LogP contribution in [0.5, 0.6) is 0 Å². The van der Waals surface area contributed by atoms with Gasteiger partial charge in [-0.05, 0) is 25.5 Å². The topological polar surface area (TPSA) is 32.3 Å². The molecule has 0 unspecified atom stereocenters. The Balaban J connectivity index is 2.59. The number of rotatable bonds is 4. The van der Waals surface area contributed by atoms with Crippen molar-refractivity contribution in [2.24, 2.45) is 0 Å². The van der Waals surface area contributed by atoms with Crippen molar-refractivity contribution < 1.29 is 5.11 Å². The summed E-state index contributed by atoms with van der Waals surface area (Å²) < 4.78 is 0. The van der Waals surface area contributed by atoms with E-state index in [0.717, 1.165) is 5.69 Å². The Morgan fingerprint density at radius 3 is 2.71 bits per heavy atom. The lowest BCUT2D eigenvalue weighted by Gasteiger charge is -2.12. The van der Waals surface area contributed by atoms with Crippen molar-refractivity contribution in [3.05, 3.63) is 29.3 Å². The molecule has 2 N–H and O–H groups in total. The van der Waals surface area contributed by atoms with E-state index in [2.05, 4.69) is 18.3 Å². The second-order valence-electron chi connectivity index (χ2n) is 3.51. The van der Waals surface area contributed by atoms with Gasteiger partial charge in [0.15, 0.2) is 0 Å². The van der Waals surface area contributed by atoms with Gasteiger partial charge in [0.25, 0.3) is 0 Å². The van der Waals surface area contributed by atoms with E-state index in [1.807, 2.05) is 19.1 Å². The third-order valence-electron chi connectivity index (χ3n) is 2.09. The predicted octanol–water partition coefficient (Wildman–Crippen LogP) is 2.32. The molecule has 1 aromatic carbocycles. The Hall–Kier alpha value is -0.730. The van der Waals surface area contributed by atoms with Crippen molar-refractivity contribution in [3.63, 3.8) is 0 Å². The van der Waals surface area contributed by atoms with Gasteiger partial charge in [-0.25, -0.2) is 0 Å². The highest BCUT2D eigenvalue weighted by atomic mass is 35.5. The van der Waals surface area contributed by atoms with Crippen LogP contribution in [0.2, 0.25) is 0 Å². The SMILES string of the molecule is Cc1ccc(NC[C@H](O)CCl)c(C)c1. The average Bonchev–Trinajstić information content (AvgIpc) is 2.16. The molecule has 78 valence electrons. The number of aliphatic hydroxyl groups is 1. The monoisotopic (exact) mass is 213 g/mol. The quantitative estimate of drug-likeness (QED) is 0.753. The molecule has 1 rings (SSSR count). The first kappa shape index (κ1) is 11.3. The fraction of sp³-hybridized carbons (Fsp3) is 0.455. The van der Waals surface area contributed by atoms with Gasteiger partial charge in [0.1, 0.15) is 0 Å². The molecule has 0 radical (unpaired) electrons. The molecule has 3 heteroatoms. The Morgan fingerprint density at radius 2 is 2.14 bits per heavy atom. The molecule has 2 nitrogen and oxygen atoms in total. The minimum absolute atomic E-state index is 0.262. The summed E-state index contributed by atoms with van der Waals surface area (Å²) in [7, 11) is 0. The molecule has 14 heavy (non-hydrogen) atoms. The van der Waals surface area contributed by atoms with Gasteiger partial charge in [0, 0.05) is 12.2 Å². The maximum Gasteiger partial charge on any atom is 0.0847 e. The summed E-state index contributed by atoms with van der Waals surface area (Å²) >= 11 is 5.49. The maximum atomic E-state index is 9.27. The fourth-order valence-electron chi connectivity index (χ4n) is 1.29. The Kier molecular flexibility index (Phi) is 4.23.